The van der Waals surface area contributed by atoms with Crippen LogP contribution >= 0.6 is 0 Å². The predicted octanol–water partition coefficient (Wildman–Crippen LogP) is 4.87. The van der Waals surface area contributed by atoms with Crippen molar-refractivity contribution in [2.75, 3.05) is 0 Å². The van der Waals surface area contributed by atoms with Crippen molar-refractivity contribution in [1.29, 1.82) is 0 Å². The number of unbranched alkanes of at least 4 members (excludes halogenated alkanes) is 2. The first kappa shape index (κ1) is 20.7. The number of carbonyl (C=O) groups excluding carboxylic acids is 1. The summed E-state index contributed by atoms with van der Waals surface area (Å²) in [6.45, 7) is 9.81. The van der Waals surface area contributed by atoms with Gasteiger partial charge < -0.3 is 9.84 Å². The topological polar surface area (TPSA) is 63.6 Å². The largest absolute Gasteiger partial charge is 0.478 e. The van der Waals surface area contributed by atoms with Gasteiger partial charge in [0, 0.05) is 11.1 Å². The number of carbonyl (C=O) groups is 2. The molecule has 0 saturated carbocycles. The van der Waals surface area contributed by atoms with Crippen LogP contribution in [0.4, 0.5) is 0 Å². The summed E-state index contributed by atoms with van der Waals surface area (Å²) >= 11 is 0. The Labute approximate surface area is 134 Å². The fraction of sp³-hybridized carbons (Fsp3) is 0.778. The average molecular weight is 312 g/mol. The second-order valence-corrected chi connectivity index (χ2v) is 6.37. The summed E-state index contributed by atoms with van der Waals surface area (Å²) in [6, 6.07) is 0. The molecule has 0 radical (unpaired) electrons. The van der Waals surface area contributed by atoms with Crippen molar-refractivity contribution in [1.82, 2.24) is 0 Å². The summed E-state index contributed by atoms with van der Waals surface area (Å²) in [5.74, 6) is -1.45. The molecular weight excluding hydrogens is 280 g/mol. The number of rotatable bonds is 11. The van der Waals surface area contributed by atoms with Crippen LogP contribution in [0.2, 0.25) is 0 Å². The Kier molecular flexibility index (Phi) is 9.79. The number of hydrogen-bond donors (Lipinski definition) is 1. The van der Waals surface area contributed by atoms with E-state index in [1.807, 2.05) is 34.6 Å². The Morgan fingerprint density at radius 1 is 0.909 bits per heavy atom. The van der Waals surface area contributed by atoms with Gasteiger partial charge in [-0.25, -0.2) is 9.59 Å². The van der Waals surface area contributed by atoms with Crippen LogP contribution in [0, 0.1) is 0 Å². The fourth-order valence-electron chi connectivity index (χ4n) is 2.44. The van der Waals surface area contributed by atoms with E-state index < -0.39 is 17.5 Å². The van der Waals surface area contributed by atoms with Crippen LogP contribution in [0.15, 0.2) is 11.1 Å². The van der Waals surface area contributed by atoms with Crippen molar-refractivity contribution >= 4 is 11.9 Å². The van der Waals surface area contributed by atoms with Gasteiger partial charge >= 0.3 is 11.9 Å². The van der Waals surface area contributed by atoms with Gasteiger partial charge in [-0.2, -0.15) is 0 Å². The van der Waals surface area contributed by atoms with Crippen molar-refractivity contribution < 1.29 is 19.4 Å². The lowest BCUT2D eigenvalue weighted by Crippen LogP contribution is -2.29. The van der Waals surface area contributed by atoms with E-state index in [2.05, 4.69) is 0 Å². The predicted molar refractivity (Wildman–Crippen MR) is 88.8 cm³/mol. The molecule has 0 bridgehead atoms. The minimum absolute atomic E-state index is 0.229. The van der Waals surface area contributed by atoms with E-state index in [1.165, 1.54) is 0 Å². The number of esters is 1. The Bertz CT molecular complexity index is 394. The van der Waals surface area contributed by atoms with E-state index in [4.69, 9.17) is 4.74 Å². The molecule has 0 aliphatic rings. The lowest BCUT2D eigenvalue weighted by Gasteiger charge is -2.26. The van der Waals surface area contributed by atoms with E-state index in [0.29, 0.717) is 18.4 Å². The number of hydrogen-bond acceptors (Lipinski definition) is 3. The Balaban J connectivity index is 5.37. The number of ether oxygens (including phenoxy) is 1. The third kappa shape index (κ3) is 7.62. The minimum Gasteiger partial charge on any atom is -0.478 e. The first-order chi connectivity index (χ1) is 10.3. The smallest absolute Gasteiger partial charge is 0.335 e. The van der Waals surface area contributed by atoms with Gasteiger partial charge in [-0.05, 0) is 46.0 Å². The normalized spacial score (nSPS) is 12.8. The maximum absolute atomic E-state index is 12.5. The van der Waals surface area contributed by atoms with E-state index in [-0.39, 0.29) is 5.57 Å². The molecule has 0 spiro atoms. The zero-order chi connectivity index (χ0) is 17.2. The highest BCUT2D eigenvalue weighted by atomic mass is 16.6. The Morgan fingerprint density at radius 2 is 1.41 bits per heavy atom. The van der Waals surface area contributed by atoms with Crippen LogP contribution in [0.5, 0.6) is 0 Å². The molecule has 0 atom stereocenters. The quantitative estimate of drug-likeness (QED) is 0.436. The highest BCUT2D eigenvalue weighted by Crippen LogP contribution is 2.24. The first-order valence-corrected chi connectivity index (χ1v) is 8.47. The highest BCUT2D eigenvalue weighted by Gasteiger charge is 2.27. The molecule has 0 fully saturated rings. The molecule has 0 aliphatic carbocycles. The van der Waals surface area contributed by atoms with E-state index in [9.17, 15) is 14.7 Å². The molecule has 4 nitrogen and oxygen atoms in total. The van der Waals surface area contributed by atoms with Crippen LogP contribution in [0.3, 0.4) is 0 Å². The molecular formula is C18H32O4. The molecule has 0 aromatic carbocycles. The third-order valence-corrected chi connectivity index (χ3v) is 3.65. The van der Waals surface area contributed by atoms with Gasteiger partial charge in [0.05, 0.1) is 0 Å². The highest BCUT2D eigenvalue weighted by molar-refractivity contribution is 5.99. The number of aliphatic carboxylic acids is 1. The SMILES string of the molecule is CCCC/C(C(=O)O)=C(\CCCC)C(=O)OC(C)(C)CCC. The zero-order valence-corrected chi connectivity index (χ0v) is 14.8. The van der Waals surface area contributed by atoms with Crippen molar-refractivity contribution in [2.45, 2.75) is 91.6 Å². The summed E-state index contributed by atoms with van der Waals surface area (Å²) in [6.07, 6.45) is 5.94. The van der Waals surface area contributed by atoms with Crippen LogP contribution in [0.25, 0.3) is 0 Å². The van der Waals surface area contributed by atoms with Crippen LogP contribution in [-0.2, 0) is 14.3 Å². The lowest BCUT2D eigenvalue weighted by atomic mass is 9.97. The van der Waals surface area contributed by atoms with E-state index in [1.54, 1.807) is 0 Å². The van der Waals surface area contributed by atoms with Crippen molar-refractivity contribution in [3.05, 3.63) is 11.1 Å². The van der Waals surface area contributed by atoms with Gasteiger partial charge in [-0.15, -0.1) is 0 Å². The lowest BCUT2D eigenvalue weighted by molar-refractivity contribution is -0.153. The zero-order valence-electron chi connectivity index (χ0n) is 14.8. The fourth-order valence-corrected chi connectivity index (χ4v) is 2.44. The summed E-state index contributed by atoms with van der Waals surface area (Å²) in [5, 5.41) is 9.45. The van der Waals surface area contributed by atoms with E-state index >= 15 is 0 Å². The first-order valence-electron chi connectivity index (χ1n) is 8.47. The summed E-state index contributed by atoms with van der Waals surface area (Å²) < 4.78 is 5.59. The maximum Gasteiger partial charge on any atom is 0.335 e. The van der Waals surface area contributed by atoms with Gasteiger partial charge in [0.15, 0.2) is 0 Å². The van der Waals surface area contributed by atoms with Crippen LogP contribution in [-0.4, -0.2) is 22.6 Å². The van der Waals surface area contributed by atoms with Crippen molar-refractivity contribution in [3.8, 4) is 0 Å². The maximum atomic E-state index is 12.5. The summed E-state index contributed by atoms with van der Waals surface area (Å²) in [5.41, 5.74) is 0.0251. The molecule has 0 unspecified atom stereocenters. The number of carboxylic acid groups (broad SMARTS) is 1. The molecule has 22 heavy (non-hydrogen) atoms. The second kappa shape index (κ2) is 10.4. The second-order valence-electron chi connectivity index (χ2n) is 6.37. The molecule has 0 aromatic heterocycles. The number of carboxylic acids is 1. The molecule has 0 aromatic rings. The van der Waals surface area contributed by atoms with Crippen LogP contribution < -0.4 is 0 Å². The third-order valence-electron chi connectivity index (χ3n) is 3.65. The van der Waals surface area contributed by atoms with Gasteiger partial charge in [0.2, 0.25) is 0 Å². The molecule has 4 heteroatoms. The summed E-state index contributed by atoms with van der Waals surface area (Å²) in [7, 11) is 0. The Morgan fingerprint density at radius 3 is 1.82 bits per heavy atom. The minimum atomic E-state index is -0.996. The molecule has 1 N–H and O–H groups in total. The van der Waals surface area contributed by atoms with Gasteiger partial charge in [-0.1, -0.05) is 40.0 Å². The Hall–Kier alpha value is -1.32. The van der Waals surface area contributed by atoms with Crippen LogP contribution in [0.1, 0.15) is 86.0 Å². The average Bonchev–Trinajstić information content (AvgIpc) is 2.41. The summed E-state index contributed by atoms with van der Waals surface area (Å²) in [4.78, 5) is 24.0. The van der Waals surface area contributed by atoms with Gasteiger partial charge in [0.25, 0.3) is 0 Å². The molecule has 0 rings (SSSR count). The van der Waals surface area contributed by atoms with Gasteiger partial charge in [0.1, 0.15) is 5.60 Å². The molecule has 128 valence electrons. The van der Waals surface area contributed by atoms with Crippen molar-refractivity contribution in [2.24, 2.45) is 0 Å². The molecule has 0 heterocycles. The van der Waals surface area contributed by atoms with Gasteiger partial charge in [-0.3, -0.25) is 0 Å². The van der Waals surface area contributed by atoms with Crippen molar-refractivity contribution in [3.63, 3.8) is 0 Å². The van der Waals surface area contributed by atoms with E-state index in [0.717, 1.165) is 38.5 Å². The molecule has 0 amide bonds. The molecule has 0 saturated heterocycles. The molecule has 0 aliphatic heterocycles. The standard InChI is InChI=1S/C18H32O4/c1-6-9-11-14(16(19)20)15(12-10-7-2)17(21)22-18(4,5)13-8-3/h6-13H2,1-5H3,(H,19,20)/b15-14-. The monoisotopic (exact) mass is 312 g/mol.